The number of hydrogen-bond acceptors (Lipinski definition) is 4. The van der Waals surface area contributed by atoms with Crippen LogP contribution < -0.4 is 9.73 Å². The van der Waals surface area contributed by atoms with Gasteiger partial charge in [0, 0.05) is 27.4 Å². The zero-order valence-electron chi connectivity index (χ0n) is 19.9. The number of anilines is 1. The zero-order chi connectivity index (χ0) is 26.0. The van der Waals surface area contributed by atoms with E-state index in [1.54, 1.807) is 30.3 Å². The predicted molar refractivity (Wildman–Crippen MR) is 147 cm³/mol. The van der Waals surface area contributed by atoms with Crippen molar-refractivity contribution in [2.75, 3.05) is 17.1 Å². The summed E-state index contributed by atoms with van der Waals surface area (Å²) < 4.78 is 28.1. The van der Waals surface area contributed by atoms with Crippen molar-refractivity contribution < 1.29 is 13.2 Å². The third kappa shape index (κ3) is 5.41. The second kappa shape index (κ2) is 10.3. The number of fused-ring (bicyclic) bond motifs is 1. The second-order valence-corrected chi connectivity index (χ2v) is 11.1. The van der Waals surface area contributed by atoms with Crippen LogP contribution in [0.25, 0.3) is 16.5 Å². The van der Waals surface area contributed by atoms with Gasteiger partial charge in [-0.2, -0.15) is 5.10 Å². The van der Waals surface area contributed by atoms with Crippen LogP contribution in [0.15, 0.2) is 71.8 Å². The summed E-state index contributed by atoms with van der Waals surface area (Å²) in [6.07, 6.45) is 2.58. The first kappa shape index (κ1) is 25.8. The van der Waals surface area contributed by atoms with Crippen LogP contribution in [-0.2, 0) is 14.8 Å². The van der Waals surface area contributed by atoms with Gasteiger partial charge in [-0.25, -0.2) is 13.8 Å². The van der Waals surface area contributed by atoms with E-state index in [4.69, 9.17) is 23.2 Å². The minimum absolute atomic E-state index is 0.415. The van der Waals surface area contributed by atoms with E-state index in [-0.39, 0.29) is 0 Å². The Hall–Kier alpha value is -3.33. The number of rotatable bonds is 7. The van der Waals surface area contributed by atoms with E-state index < -0.39 is 22.5 Å². The smallest absolute Gasteiger partial charge is 0.260 e. The average molecular weight is 543 g/mol. The van der Waals surface area contributed by atoms with Crippen LogP contribution in [0.1, 0.15) is 17.0 Å². The number of carbonyl (C=O) groups excluding carboxylic acids is 1. The Kier molecular flexibility index (Phi) is 7.40. The van der Waals surface area contributed by atoms with Crippen LogP contribution in [0, 0.1) is 13.8 Å². The molecule has 0 aliphatic carbocycles. The van der Waals surface area contributed by atoms with Crippen LogP contribution in [0.2, 0.25) is 10.0 Å². The van der Waals surface area contributed by atoms with E-state index >= 15 is 0 Å². The summed E-state index contributed by atoms with van der Waals surface area (Å²) in [6.45, 7) is 3.41. The first-order valence-electron chi connectivity index (χ1n) is 11.0. The van der Waals surface area contributed by atoms with Crippen molar-refractivity contribution in [3.63, 3.8) is 0 Å². The van der Waals surface area contributed by atoms with Gasteiger partial charge in [-0.05, 0) is 49.6 Å². The van der Waals surface area contributed by atoms with Gasteiger partial charge < -0.3 is 4.57 Å². The molecule has 1 heterocycles. The molecule has 7 nitrogen and oxygen atoms in total. The molecule has 186 valence electrons. The van der Waals surface area contributed by atoms with Gasteiger partial charge in [0.2, 0.25) is 10.0 Å². The van der Waals surface area contributed by atoms with Crippen molar-refractivity contribution in [3.8, 4) is 5.69 Å². The molecule has 0 atom stereocenters. The van der Waals surface area contributed by atoms with E-state index in [0.29, 0.717) is 15.7 Å². The highest BCUT2D eigenvalue weighted by molar-refractivity contribution is 7.92. The Labute approximate surface area is 220 Å². The maximum absolute atomic E-state index is 12.7. The highest BCUT2D eigenvalue weighted by Crippen LogP contribution is 2.29. The average Bonchev–Trinajstić information content (AvgIpc) is 3.11. The lowest BCUT2D eigenvalue weighted by molar-refractivity contribution is -0.119. The van der Waals surface area contributed by atoms with Crippen molar-refractivity contribution in [1.82, 2.24) is 9.99 Å². The second-order valence-electron chi connectivity index (χ2n) is 8.32. The van der Waals surface area contributed by atoms with E-state index in [0.717, 1.165) is 44.0 Å². The Balaban J connectivity index is 1.55. The molecule has 4 aromatic rings. The summed E-state index contributed by atoms with van der Waals surface area (Å²) in [7, 11) is -3.73. The summed E-state index contributed by atoms with van der Waals surface area (Å²) in [4.78, 5) is 12.7. The standard InChI is InChI=1S/C26H24Cl2N4O3S/c1-17-13-20(18(2)32(17)25-14-21(27)11-12-23(25)28)15-29-30-26(33)16-31(36(3,34)35)24-10-6-8-19-7-4-5-9-22(19)24/h4-15H,16H2,1-3H3,(H,30,33)/b29-15-. The summed E-state index contributed by atoms with van der Waals surface area (Å²) in [5, 5.41) is 6.78. The van der Waals surface area contributed by atoms with Crippen LogP contribution in [0.4, 0.5) is 5.69 Å². The quantitative estimate of drug-likeness (QED) is 0.248. The molecular formula is C26H24Cl2N4O3S. The minimum Gasteiger partial charge on any atom is -0.316 e. The molecule has 10 heteroatoms. The number of aromatic nitrogens is 1. The molecule has 0 saturated carbocycles. The van der Waals surface area contributed by atoms with Crippen LogP contribution in [0.5, 0.6) is 0 Å². The highest BCUT2D eigenvalue weighted by atomic mass is 35.5. The zero-order valence-corrected chi connectivity index (χ0v) is 22.2. The van der Waals surface area contributed by atoms with Crippen molar-refractivity contribution in [1.29, 1.82) is 0 Å². The minimum atomic E-state index is -3.73. The number of amides is 1. The number of nitrogens with zero attached hydrogens (tertiary/aromatic N) is 3. The molecule has 0 aliphatic rings. The predicted octanol–water partition coefficient (Wildman–Crippen LogP) is 5.47. The van der Waals surface area contributed by atoms with E-state index in [9.17, 15) is 13.2 Å². The van der Waals surface area contributed by atoms with Gasteiger partial charge in [0.15, 0.2) is 0 Å². The van der Waals surface area contributed by atoms with Gasteiger partial charge in [-0.15, -0.1) is 0 Å². The number of carbonyl (C=O) groups is 1. The molecule has 1 amide bonds. The van der Waals surface area contributed by atoms with Crippen molar-refractivity contribution in [2.24, 2.45) is 5.10 Å². The van der Waals surface area contributed by atoms with Crippen LogP contribution in [0.3, 0.4) is 0 Å². The van der Waals surface area contributed by atoms with Crippen molar-refractivity contribution >= 4 is 61.8 Å². The number of nitrogens with one attached hydrogen (secondary N) is 1. The SMILES string of the molecule is Cc1cc(/C=N\NC(=O)CN(c2cccc3ccccc23)S(C)(=O)=O)c(C)n1-c1cc(Cl)ccc1Cl. The van der Waals surface area contributed by atoms with Gasteiger partial charge in [0.25, 0.3) is 5.91 Å². The lowest BCUT2D eigenvalue weighted by atomic mass is 10.1. The molecule has 0 unspecified atom stereocenters. The number of hydrogen-bond donors (Lipinski definition) is 1. The van der Waals surface area contributed by atoms with Crippen molar-refractivity contribution in [2.45, 2.75) is 13.8 Å². The molecule has 0 bridgehead atoms. The Morgan fingerprint density at radius 2 is 1.78 bits per heavy atom. The lowest BCUT2D eigenvalue weighted by Gasteiger charge is -2.23. The van der Waals surface area contributed by atoms with E-state index in [1.165, 1.54) is 6.21 Å². The lowest BCUT2D eigenvalue weighted by Crippen LogP contribution is -2.39. The first-order valence-corrected chi connectivity index (χ1v) is 13.6. The normalized spacial score (nSPS) is 11.8. The number of halogens is 2. The molecule has 36 heavy (non-hydrogen) atoms. The summed E-state index contributed by atoms with van der Waals surface area (Å²) in [5.74, 6) is -0.573. The van der Waals surface area contributed by atoms with Gasteiger partial charge in [0.1, 0.15) is 6.54 Å². The largest absolute Gasteiger partial charge is 0.316 e. The number of benzene rings is 3. The van der Waals surface area contributed by atoms with E-state index in [1.807, 2.05) is 54.8 Å². The molecule has 0 radical (unpaired) electrons. The summed E-state index contributed by atoms with van der Waals surface area (Å²) in [5.41, 5.74) is 6.12. The molecule has 1 N–H and O–H groups in total. The number of hydrazone groups is 1. The van der Waals surface area contributed by atoms with Gasteiger partial charge >= 0.3 is 0 Å². The van der Waals surface area contributed by atoms with E-state index in [2.05, 4.69) is 10.5 Å². The fraction of sp³-hybridized carbons (Fsp3) is 0.154. The summed E-state index contributed by atoms with van der Waals surface area (Å²) in [6, 6.07) is 19.9. The molecule has 0 fully saturated rings. The maximum atomic E-state index is 12.7. The topological polar surface area (TPSA) is 83.8 Å². The van der Waals surface area contributed by atoms with Gasteiger partial charge in [-0.1, -0.05) is 59.6 Å². The fourth-order valence-electron chi connectivity index (χ4n) is 4.09. The summed E-state index contributed by atoms with van der Waals surface area (Å²) >= 11 is 12.5. The number of sulfonamides is 1. The molecular weight excluding hydrogens is 519 g/mol. The third-order valence-electron chi connectivity index (χ3n) is 5.74. The van der Waals surface area contributed by atoms with Gasteiger partial charge in [0.05, 0.1) is 28.9 Å². The highest BCUT2D eigenvalue weighted by Gasteiger charge is 2.22. The van der Waals surface area contributed by atoms with Crippen LogP contribution >= 0.6 is 23.2 Å². The third-order valence-corrected chi connectivity index (χ3v) is 7.42. The van der Waals surface area contributed by atoms with Crippen molar-refractivity contribution in [3.05, 3.63) is 93.7 Å². The Bertz CT molecular complexity index is 1590. The molecule has 0 aliphatic heterocycles. The molecule has 0 saturated heterocycles. The molecule has 1 aromatic heterocycles. The molecule has 3 aromatic carbocycles. The van der Waals surface area contributed by atoms with Gasteiger partial charge in [-0.3, -0.25) is 9.10 Å². The first-order chi connectivity index (χ1) is 17.1. The fourth-order valence-corrected chi connectivity index (χ4v) is 5.33. The Morgan fingerprint density at radius 1 is 1.06 bits per heavy atom. The Morgan fingerprint density at radius 3 is 2.53 bits per heavy atom. The number of aryl methyl sites for hydroxylation is 1. The van der Waals surface area contributed by atoms with Crippen LogP contribution in [-0.4, -0.2) is 37.9 Å². The molecule has 4 rings (SSSR count). The maximum Gasteiger partial charge on any atom is 0.260 e. The monoisotopic (exact) mass is 542 g/mol. The molecule has 0 spiro atoms.